The van der Waals surface area contributed by atoms with Crippen LogP contribution in [0.15, 0.2) is 42.7 Å². The Labute approximate surface area is 196 Å². The fourth-order valence-corrected chi connectivity index (χ4v) is 4.58. The lowest BCUT2D eigenvalue weighted by molar-refractivity contribution is -0.124. The summed E-state index contributed by atoms with van der Waals surface area (Å²) in [6.07, 6.45) is 5.20. The molecule has 9 heteroatoms. The van der Waals surface area contributed by atoms with E-state index in [1.54, 1.807) is 12.4 Å². The van der Waals surface area contributed by atoms with Crippen molar-refractivity contribution in [1.82, 2.24) is 14.9 Å². The summed E-state index contributed by atoms with van der Waals surface area (Å²) in [5.74, 6) is -0.484. The number of aryl methyl sites for hydroxylation is 2. The second kappa shape index (κ2) is 9.58. The number of rotatable bonds is 8. The lowest BCUT2D eigenvalue weighted by Crippen LogP contribution is -2.34. The first-order chi connectivity index (χ1) is 15.8. The number of thiophene rings is 1. The lowest BCUT2D eigenvalue weighted by Gasteiger charge is -2.19. The van der Waals surface area contributed by atoms with Gasteiger partial charge in [-0.2, -0.15) is 0 Å². The van der Waals surface area contributed by atoms with Crippen LogP contribution in [-0.2, 0) is 21.4 Å². The molecular formula is C24H26N4O4S. The number of anilines is 1. The zero-order chi connectivity index (χ0) is 23.5. The van der Waals surface area contributed by atoms with E-state index in [0.29, 0.717) is 16.4 Å². The molecule has 3 aromatic rings. The van der Waals surface area contributed by atoms with Gasteiger partial charge in [0.1, 0.15) is 16.9 Å². The average Bonchev–Trinajstić information content (AvgIpc) is 3.52. The summed E-state index contributed by atoms with van der Waals surface area (Å²) in [7, 11) is 1.85. The fraction of sp³-hybridized carbons (Fsp3) is 0.333. The molecule has 33 heavy (non-hydrogen) atoms. The number of nitrogens with one attached hydrogen (secondary N) is 2. The molecule has 2 heterocycles. The molecule has 8 nitrogen and oxygen atoms in total. The highest BCUT2D eigenvalue weighted by atomic mass is 32.1. The van der Waals surface area contributed by atoms with E-state index in [9.17, 15) is 14.4 Å². The van der Waals surface area contributed by atoms with E-state index in [0.717, 1.165) is 28.8 Å². The maximum Gasteiger partial charge on any atom is 0.341 e. The summed E-state index contributed by atoms with van der Waals surface area (Å²) < 4.78 is 7.17. The number of carbonyl (C=O) groups is 3. The first-order valence-electron chi connectivity index (χ1n) is 10.7. The van der Waals surface area contributed by atoms with Gasteiger partial charge in [-0.05, 0) is 37.8 Å². The smallest absolute Gasteiger partial charge is 0.341 e. The summed E-state index contributed by atoms with van der Waals surface area (Å²) in [5, 5.41) is 6.23. The maximum atomic E-state index is 12.8. The summed E-state index contributed by atoms with van der Waals surface area (Å²) in [6.45, 7) is 3.24. The van der Waals surface area contributed by atoms with Crippen LogP contribution in [0.25, 0.3) is 0 Å². The van der Waals surface area contributed by atoms with Gasteiger partial charge in [-0.15, -0.1) is 11.3 Å². The third-order valence-corrected chi connectivity index (χ3v) is 6.79. The molecule has 1 aliphatic rings. The van der Waals surface area contributed by atoms with Crippen molar-refractivity contribution in [2.75, 3.05) is 11.9 Å². The van der Waals surface area contributed by atoms with Crippen LogP contribution in [0.1, 0.15) is 51.1 Å². The van der Waals surface area contributed by atoms with Gasteiger partial charge < -0.3 is 19.9 Å². The van der Waals surface area contributed by atoms with Crippen LogP contribution in [-0.4, -0.2) is 33.9 Å². The first kappa shape index (κ1) is 22.7. The van der Waals surface area contributed by atoms with Crippen molar-refractivity contribution in [2.45, 2.75) is 32.7 Å². The quantitative estimate of drug-likeness (QED) is 0.495. The molecule has 0 spiro atoms. The second-order valence-corrected chi connectivity index (χ2v) is 9.36. The van der Waals surface area contributed by atoms with Gasteiger partial charge in [-0.3, -0.25) is 9.59 Å². The Bertz CT molecular complexity index is 1180. The van der Waals surface area contributed by atoms with Gasteiger partial charge in [0, 0.05) is 30.2 Å². The summed E-state index contributed by atoms with van der Waals surface area (Å²) in [4.78, 5) is 43.1. The number of hydrogen-bond acceptors (Lipinski definition) is 6. The van der Waals surface area contributed by atoms with Crippen molar-refractivity contribution in [1.29, 1.82) is 0 Å². The van der Waals surface area contributed by atoms with Crippen molar-refractivity contribution in [3.63, 3.8) is 0 Å². The molecular weight excluding hydrogens is 440 g/mol. The molecule has 1 saturated carbocycles. The molecule has 4 rings (SSSR count). The third kappa shape index (κ3) is 5.14. The molecule has 0 bridgehead atoms. The summed E-state index contributed by atoms with van der Waals surface area (Å²) in [6, 6.07) is 8.98. The van der Waals surface area contributed by atoms with E-state index < -0.39 is 24.5 Å². The van der Waals surface area contributed by atoms with E-state index >= 15 is 0 Å². The van der Waals surface area contributed by atoms with Crippen molar-refractivity contribution in [3.8, 4) is 0 Å². The lowest BCUT2D eigenvalue weighted by atomic mass is 10.1. The molecule has 0 saturated heterocycles. The van der Waals surface area contributed by atoms with E-state index in [1.165, 1.54) is 11.3 Å². The third-order valence-electron chi connectivity index (χ3n) is 5.66. The van der Waals surface area contributed by atoms with Gasteiger partial charge in [-0.1, -0.05) is 30.3 Å². The normalized spacial score (nSPS) is 13.9. The Morgan fingerprint density at radius 1 is 1.21 bits per heavy atom. The van der Waals surface area contributed by atoms with Gasteiger partial charge in [0.15, 0.2) is 6.61 Å². The highest BCUT2D eigenvalue weighted by Gasteiger charge is 2.32. The number of benzene rings is 1. The molecule has 1 fully saturated rings. The maximum absolute atomic E-state index is 12.8. The summed E-state index contributed by atoms with van der Waals surface area (Å²) >= 11 is 1.34. The molecule has 1 unspecified atom stereocenters. The number of hydrogen-bond donors (Lipinski definition) is 2. The van der Waals surface area contributed by atoms with Crippen LogP contribution >= 0.6 is 11.3 Å². The van der Waals surface area contributed by atoms with Crippen molar-refractivity contribution in [2.24, 2.45) is 13.0 Å². The SMILES string of the molecule is Cc1sc(NC(=O)C2CC2)c(C(=O)OCC(=O)NC(c2ccccc2)c2nccn2C)c1C. The topological polar surface area (TPSA) is 102 Å². The van der Waals surface area contributed by atoms with Crippen LogP contribution in [0, 0.1) is 19.8 Å². The van der Waals surface area contributed by atoms with Crippen LogP contribution < -0.4 is 10.6 Å². The van der Waals surface area contributed by atoms with Crippen LogP contribution in [0.5, 0.6) is 0 Å². The van der Waals surface area contributed by atoms with E-state index in [1.807, 2.05) is 55.8 Å². The molecule has 2 amide bonds. The van der Waals surface area contributed by atoms with E-state index in [2.05, 4.69) is 15.6 Å². The first-order valence-corrected chi connectivity index (χ1v) is 11.6. The van der Waals surface area contributed by atoms with Crippen molar-refractivity contribution in [3.05, 3.63) is 70.1 Å². The Hall–Kier alpha value is -3.46. The number of ether oxygens (including phenoxy) is 1. The van der Waals surface area contributed by atoms with Gasteiger partial charge in [-0.25, -0.2) is 9.78 Å². The predicted octanol–water partition coefficient (Wildman–Crippen LogP) is 3.51. The molecule has 0 radical (unpaired) electrons. The standard InChI is InChI=1S/C24H26N4O4S/c1-14-15(2)33-23(27-22(30)17-9-10-17)19(14)24(31)32-13-18(29)26-20(16-7-5-4-6-8-16)21-25-11-12-28(21)3/h4-8,11-12,17,20H,9-10,13H2,1-3H3,(H,26,29)(H,27,30). The number of esters is 1. The average molecular weight is 467 g/mol. The Balaban J connectivity index is 1.44. The number of aromatic nitrogens is 2. The minimum Gasteiger partial charge on any atom is -0.452 e. The molecule has 1 aliphatic carbocycles. The fourth-order valence-electron chi connectivity index (χ4n) is 3.52. The molecule has 1 aromatic carbocycles. The highest BCUT2D eigenvalue weighted by Crippen LogP contribution is 2.36. The van der Waals surface area contributed by atoms with Crippen molar-refractivity contribution < 1.29 is 19.1 Å². The molecule has 172 valence electrons. The molecule has 2 N–H and O–H groups in total. The number of nitrogens with zero attached hydrogens (tertiary/aromatic N) is 2. The summed E-state index contributed by atoms with van der Waals surface area (Å²) in [5.41, 5.74) is 1.91. The Morgan fingerprint density at radius 3 is 2.58 bits per heavy atom. The highest BCUT2D eigenvalue weighted by molar-refractivity contribution is 7.16. The monoisotopic (exact) mass is 466 g/mol. The molecule has 1 atom stereocenters. The zero-order valence-corrected chi connectivity index (χ0v) is 19.6. The van der Waals surface area contributed by atoms with Crippen LogP contribution in [0.4, 0.5) is 5.00 Å². The van der Waals surface area contributed by atoms with Gasteiger partial charge in [0.25, 0.3) is 5.91 Å². The van der Waals surface area contributed by atoms with Gasteiger partial charge >= 0.3 is 5.97 Å². The predicted molar refractivity (Wildman–Crippen MR) is 125 cm³/mol. The van der Waals surface area contributed by atoms with E-state index in [4.69, 9.17) is 4.74 Å². The molecule has 2 aromatic heterocycles. The van der Waals surface area contributed by atoms with E-state index in [-0.39, 0.29) is 11.8 Å². The Morgan fingerprint density at radius 2 is 1.94 bits per heavy atom. The molecule has 0 aliphatic heterocycles. The van der Waals surface area contributed by atoms with Crippen molar-refractivity contribution >= 4 is 34.1 Å². The number of amides is 2. The van der Waals surface area contributed by atoms with Gasteiger partial charge in [0.2, 0.25) is 5.91 Å². The largest absolute Gasteiger partial charge is 0.452 e. The van der Waals surface area contributed by atoms with Gasteiger partial charge in [0.05, 0.1) is 5.56 Å². The number of imidazole rings is 1. The minimum absolute atomic E-state index is 0.0170. The minimum atomic E-state index is -0.633. The number of carbonyl (C=O) groups excluding carboxylic acids is 3. The Kier molecular flexibility index (Phi) is 6.60. The van der Waals surface area contributed by atoms with Crippen LogP contribution in [0.3, 0.4) is 0 Å². The zero-order valence-electron chi connectivity index (χ0n) is 18.8. The van der Waals surface area contributed by atoms with Crippen LogP contribution in [0.2, 0.25) is 0 Å². The second-order valence-electron chi connectivity index (χ2n) is 8.13.